The predicted octanol–water partition coefficient (Wildman–Crippen LogP) is 1.33. The normalized spacial score (nSPS) is 28.8. The minimum absolute atomic E-state index is 0.00857. The van der Waals surface area contributed by atoms with E-state index < -0.39 is 0 Å². The lowest BCUT2D eigenvalue weighted by molar-refractivity contribution is -0.179. The Labute approximate surface area is 124 Å². The zero-order valence-corrected chi connectivity index (χ0v) is 12.4. The number of nitrogens with one attached hydrogen (secondary N) is 1. The molecule has 1 aromatic rings. The number of imidazole rings is 1. The number of H-pyrrole nitrogens is 1. The molecule has 0 radical (unpaired) electrons. The molecule has 0 aromatic carbocycles. The van der Waals surface area contributed by atoms with E-state index in [0.29, 0.717) is 25.2 Å². The van der Waals surface area contributed by atoms with Crippen molar-refractivity contribution in [3.05, 3.63) is 18.2 Å². The van der Waals surface area contributed by atoms with Crippen LogP contribution in [-0.2, 0) is 4.74 Å². The Bertz CT molecular complexity index is 480. The van der Waals surface area contributed by atoms with Gasteiger partial charge in [0.15, 0.2) is 0 Å². The molecule has 21 heavy (non-hydrogen) atoms. The van der Waals surface area contributed by atoms with E-state index in [2.05, 4.69) is 16.9 Å². The highest BCUT2D eigenvalue weighted by Crippen LogP contribution is 2.38. The van der Waals surface area contributed by atoms with Crippen molar-refractivity contribution in [1.29, 1.82) is 0 Å². The van der Waals surface area contributed by atoms with E-state index in [9.17, 15) is 9.90 Å². The third-order valence-electron chi connectivity index (χ3n) is 4.71. The Kier molecular flexibility index (Phi) is 3.99. The summed E-state index contributed by atoms with van der Waals surface area (Å²) in [5, 5.41) is 10.1. The summed E-state index contributed by atoms with van der Waals surface area (Å²) in [6.45, 7) is 3.43. The van der Waals surface area contributed by atoms with Crippen molar-refractivity contribution in [1.82, 2.24) is 14.9 Å². The van der Waals surface area contributed by atoms with Crippen LogP contribution >= 0.6 is 0 Å². The van der Waals surface area contributed by atoms with E-state index in [1.165, 1.54) is 6.33 Å². The van der Waals surface area contributed by atoms with E-state index in [-0.39, 0.29) is 23.7 Å². The van der Waals surface area contributed by atoms with Gasteiger partial charge in [0.05, 0.1) is 30.3 Å². The molecule has 2 aliphatic heterocycles. The molecule has 1 amide bonds. The summed E-state index contributed by atoms with van der Waals surface area (Å²) in [6, 6.07) is 0. The summed E-state index contributed by atoms with van der Waals surface area (Å²) in [5.41, 5.74) is 0.283. The Hall–Kier alpha value is -1.40. The number of aromatic nitrogens is 2. The lowest BCUT2D eigenvalue weighted by atomic mass is 9.81. The topological polar surface area (TPSA) is 78.5 Å². The molecule has 3 rings (SSSR count). The molecule has 2 fully saturated rings. The number of piperidine rings is 1. The van der Waals surface area contributed by atoms with Gasteiger partial charge in [-0.15, -0.1) is 0 Å². The standard InChI is InChI=1S/C15H23N3O3/c1-2-12-7-11(19)8-15(21-12)3-5-18(6-4-15)14(20)13-9-16-10-17-13/h9-12,19H,2-8H2,1H3,(H,16,17)/t11-,12+/m1/s1. The van der Waals surface area contributed by atoms with Crippen LogP contribution in [0.3, 0.4) is 0 Å². The molecule has 6 nitrogen and oxygen atoms in total. The summed E-state index contributed by atoms with van der Waals surface area (Å²) in [5.74, 6) is -0.00857. The van der Waals surface area contributed by atoms with E-state index in [0.717, 1.165) is 25.7 Å². The van der Waals surface area contributed by atoms with Crippen LogP contribution in [0.25, 0.3) is 0 Å². The molecule has 2 aliphatic rings. The number of nitrogens with zero attached hydrogens (tertiary/aromatic N) is 2. The zero-order chi connectivity index (χ0) is 14.9. The van der Waals surface area contributed by atoms with E-state index in [1.807, 2.05) is 4.90 Å². The van der Waals surface area contributed by atoms with Crippen LogP contribution < -0.4 is 0 Å². The summed E-state index contributed by atoms with van der Waals surface area (Å²) in [7, 11) is 0. The molecule has 2 N–H and O–H groups in total. The number of aliphatic hydroxyl groups is 1. The van der Waals surface area contributed by atoms with Crippen LogP contribution in [0.5, 0.6) is 0 Å². The fourth-order valence-electron chi connectivity index (χ4n) is 3.50. The van der Waals surface area contributed by atoms with E-state index >= 15 is 0 Å². The van der Waals surface area contributed by atoms with Gasteiger partial charge in [-0.25, -0.2) is 4.98 Å². The molecule has 0 bridgehead atoms. The van der Waals surface area contributed by atoms with Crippen LogP contribution in [0.4, 0.5) is 0 Å². The van der Waals surface area contributed by atoms with Crippen molar-refractivity contribution in [2.75, 3.05) is 13.1 Å². The van der Waals surface area contributed by atoms with Crippen LogP contribution in [0, 0.1) is 0 Å². The quantitative estimate of drug-likeness (QED) is 0.862. The number of hydrogen-bond acceptors (Lipinski definition) is 4. The largest absolute Gasteiger partial charge is 0.393 e. The number of aromatic amines is 1. The van der Waals surface area contributed by atoms with Gasteiger partial charge in [-0.05, 0) is 25.7 Å². The van der Waals surface area contributed by atoms with Gasteiger partial charge in [-0.2, -0.15) is 0 Å². The highest BCUT2D eigenvalue weighted by atomic mass is 16.5. The number of carbonyl (C=O) groups excluding carboxylic acids is 1. The number of ether oxygens (including phenoxy) is 1. The van der Waals surface area contributed by atoms with Crippen LogP contribution in [0.1, 0.15) is 49.5 Å². The maximum atomic E-state index is 12.3. The SMILES string of the molecule is CC[C@H]1C[C@@H](O)CC2(CCN(C(=O)c3cnc[nH]3)CC2)O1. The van der Waals surface area contributed by atoms with E-state index in [4.69, 9.17) is 4.74 Å². The van der Waals surface area contributed by atoms with Gasteiger partial charge in [0.1, 0.15) is 5.69 Å². The Morgan fingerprint density at radius 1 is 1.57 bits per heavy atom. The molecular weight excluding hydrogens is 270 g/mol. The molecular formula is C15H23N3O3. The Morgan fingerprint density at radius 2 is 2.33 bits per heavy atom. The lowest BCUT2D eigenvalue weighted by Gasteiger charge is -2.47. The molecule has 1 aromatic heterocycles. The number of carbonyl (C=O) groups is 1. The maximum Gasteiger partial charge on any atom is 0.271 e. The molecule has 3 heterocycles. The average Bonchev–Trinajstić information content (AvgIpc) is 3.00. The fraction of sp³-hybridized carbons (Fsp3) is 0.733. The minimum atomic E-state index is -0.279. The first-order chi connectivity index (χ1) is 10.1. The molecule has 0 aliphatic carbocycles. The number of rotatable bonds is 2. The number of hydrogen-bond donors (Lipinski definition) is 2. The highest BCUT2D eigenvalue weighted by Gasteiger charge is 2.43. The van der Waals surface area contributed by atoms with Gasteiger partial charge in [-0.3, -0.25) is 4.79 Å². The smallest absolute Gasteiger partial charge is 0.271 e. The van der Waals surface area contributed by atoms with Gasteiger partial charge in [-0.1, -0.05) is 6.92 Å². The highest BCUT2D eigenvalue weighted by molar-refractivity contribution is 5.92. The fourth-order valence-corrected chi connectivity index (χ4v) is 3.50. The van der Waals surface area contributed by atoms with Crippen LogP contribution in [-0.4, -0.2) is 56.8 Å². The number of likely N-dealkylation sites (tertiary alicyclic amines) is 1. The average molecular weight is 293 g/mol. The van der Waals surface area contributed by atoms with Crippen molar-refractivity contribution in [2.24, 2.45) is 0 Å². The molecule has 2 atom stereocenters. The van der Waals surface area contributed by atoms with Gasteiger partial charge >= 0.3 is 0 Å². The third-order valence-corrected chi connectivity index (χ3v) is 4.71. The summed E-state index contributed by atoms with van der Waals surface area (Å²) in [4.78, 5) is 20.9. The first-order valence-electron chi connectivity index (χ1n) is 7.75. The Morgan fingerprint density at radius 3 is 2.95 bits per heavy atom. The summed E-state index contributed by atoms with van der Waals surface area (Å²) < 4.78 is 6.24. The second kappa shape index (κ2) is 5.77. The zero-order valence-electron chi connectivity index (χ0n) is 12.4. The van der Waals surface area contributed by atoms with Crippen molar-refractivity contribution in [3.63, 3.8) is 0 Å². The van der Waals surface area contributed by atoms with Gasteiger partial charge < -0.3 is 19.7 Å². The van der Waals surface area contributed by atoms with E-state index in [1.54, 1.807) is 6.20 Å². The van der Waals surface area contributed by atoms with Gasteiger partial charge in [0, 0.05) is 19.5 Å². The minimum Gasteiger partial charge on any atom is -0.393 e. The summed E-state index contributed by atoms with van der Waals surface area (Å²) in [6.07, 6.45) is 6.87. The second-order valence-corrected chi connectivity index (χ2v) is 6.18. The van der Waals surface area contributed by atoms with Crippen molar-refractivity contribution >= 4 is 5.91 Å². The molecule has 0 saturated carbocycles. The molecule has 116 valence electrons. The first kappa shape index (κ1) is 14.5. The second-order valence-electron chi connectivity index (χ2n) is 6.18. The lowest BCUT2D eigenvalue weighted by Crippen LogP contribution is -2.53. The predicted molar refractivity (Wildman–Crippen MR) is 76.9 cm³/mol. The molecule has 0 unspecified atom stereocenters. The number of amides is 1. The Balaban J connectivity index is 1.63. The van der Waals surface area contributed by atoms with Crippen LogP contribution in [0.2, 0.25) is 0 Å². The monoisotopic (exact) mass is 293 g/mol. The first-order valence-corrected chi connectivity index (χ1v) is 7.75. The maximum absolute atomic E-state index is 12.3. The number of aliphatic hydroxyl groups excluding tert-OH is 1. The molecule has 2 saturated heterocycles. The summed E-state index contributed by atoms with van der Waals surface area (Å²) >= 11 is 0. The van der Waals surface area contributed by atoms with Gasteiger partial charge in [0.25, 0.3) is 5.91 Å². The van der Waals surface area contributed by atoms with Crippen molar-refractivity contribution in [3.8, 4) is 0 Å². The van der Waals surface area contributed by atoms with Crippen molar-refractivity contribution < 1.29 is 14.6 Å². The molecule has 1 spiro atoms. The molecule has 6 heteroatoms. The van der Waals surface area contributed by atoms with Crippen LogP contribution in [0.15, 0.2) is 12.5 Å². The van der Waals surface area contributed by atoms with Crippen molar-refractivity contribution in [2.45, 2.75) is 56.8 Å². The van der Waals surface area contributed by atoms with Gasteiger partial charge in [0.2, 0.25) is 0 Å². The third kappa shape index (κ3) is 2.96.